The Morgan fingerprint density at radius 3 is 1.26 bits per heavy atom. The van der Waals surface area contributed by atoms with E-state index >= 15 is 0 Å². The summed E-state index contributed by atoms with van der Waals surface area (Å²) in [6.45, 7) is 0. The van der Waals surface area contributed by atoms with Crippen LogP contribution in [-0.2, 0) is 0 Å². The molecule has 0 amide bonds. The normalized spacial score (nSPS) is 11.9. The molecule has 0 fully saturated rings. The molecule has 4 aromatic heterocycles. The Labute approximate surface area is 327 Å². The zero-order valence-electron chi connectivity index (χ0n) is 30.7. The Balaban J connectivity index is 1.31. The third kappa shape index (κ3) is 4.76. The fourth-order valence-electron chi connectivity index (χ4n) is 8.87. The fraction of sp³-hybridized carbons (Fsp3) is 0. The molecular formula is C52H32N4O. The van der Waals surface area contributed by atoms with Crippen molar-refractivity contribution in [2.45, 2.75) is 0 Å². The van der Waals surface area contributed by atoms with Gasteiger partial charge >= 0.3 is 0 Å². The monoisotopic (exact) mass is 728 g/mol. The first kappa shape index (κ1) is 31.6. The number of furan rings is 1. The minimum atomic E-state index is 0.588. The molecule has 0 atom stereocenters. The van der Waals surface area contributed by atoms with Crippen LogP contribution in [-0.4, -0.2) is 19.1 Å². The summed E-state index contributed by atoms with van der Waals surface area (Å²) in [5, 5.41) is 6.77. The second-order valence-electron chi connectivity index (χ2n) is 14.5. The minimum absolute atomic E-state index is 0.588. The number of hydrogen-bond acceptors (Lipinski definition) is 3. The van der Waals surface area contributed by atoms with Gasteiger partial charge in [0, 0.05) is 38.1 Å². The van der Waals surface area contributed by atoms with Gasteiger partial charge in [-0.1, -0.05) is 152 Å². The van der Waals surface area contributed by atoms with E-state index in [1.54, 1.807) is 0 Å². The van der Waals surface area contributed by atoms with Crippen LogP contribution in [0.3, 0.4) is 0 Å². The van der Waals surface area contributed by atoms with Gasteiger partial charge in [0.15, 0.2) is 11.4 Å². The molecule has 0 radical (unpaired) electrons. The second-order valence-corrected chi connectivity index (χ2v) is 14.5. The summed E-state index contributed by atoms with van der Waals surface area (Å²) >= 11 is 0. The maximum Gasteiger partial charge on any atom is 0.166 e. The molecule has 8 aromatic carbocycles. The van der Waals surface area contributed by atoms with Crippen molar-refractivity contribution in [1.29, 1.82) is 0 Å². The first-order valence-corrected chi connectivity index (χ1v) is 19.3. The van der Waals surface area contributed by atoms with Gasteiger partial charge in [-0.2, -0.15) is 0 Å². The van der Waals surface area contributed by atoms with Crippen molar-refractivity contribution in [2.75, 3.05) is 0 Å². The molecule has 0 aliphatic heterocycles. The maximum absolute atomic E-state index is 7.15. The summed E-state index contributed by atoms with van der Waals surface area (Å²) in [6, 6.07) is 68.2. The summed E-state index contributed by atoms with van der Waals surface area (Å²) in [7, 11) is 0. The number of nitrogens with zero attached hydrogens (tertiary/aromatic N) is 4. The van der Waals surface area contributed by atoms with Crippen LogP contribution in [0.5, 0.6) is 0 Å². The van der Waals surface area contributed by atoms with E-state index in [1.807, 2.05) is 18.2 Å². The molecule has 266 valence electrons. The molecule has 5 heteroatoms. The number of rotatable bonds is 5. The van der Waals surface area contributed by atoms with Crippen LogP contribution in [0.1, 0.15) is 0 Å². The van der Waals surface area contributed by atoms with Gasteiger partial charge in [-0.05, 0) is 42.5 Å². The van der Waals surface area contributed by atoms with Crippen LogP contribution >= 0.6 is 0 Å². The number of para-hydroxylation sites is 5. The number of aromatic nitrogens is 4. The summed E-state index contributed by atoms with van der Waals surface area (Å²) in [4.78, 5) is 10.9. The van der Waals surface area contributed by atoms with Crippen molar-refractivity contribution >= 4 is 65.6 Å². The largest absolute Gasteiger partial charge is 0.455 e. The molecule has 12 aromatic rings. The molecule has 12 rings (SSSR count). The molecule has 0 aliphatic carbocycles. The standard InChI is InChI=1S/C52H32N4O/c1-3-17-33(18-4-1)40-31-41(34-19-5-2-6-20-34)54-52(53-40)50-47(56-44-28-14-9-23-37(44)38-24-10-15-29-45(38)56)32-46(49-39-25-11-16-30-48(39)57-51(49)50)55-42-26-12-7-21-35(42)36-22-8-13-27-43(36)55/h1-32H. The Kier molecular flexibility index (Phi) is 6.86. The summed E-state index contributed by atoms with van der Waals surface area (Å²) in [6.07, 6.45) is 0. The average molecular weight is 729 g/mol. The Morgan fingerprint density at radius 2 is 0.772 bits per heavy atom. The first-order chi connectivity index (χ1) is 28.3. The van der Waals surface area contributed by atoms with Gasteiger partial charge in [0.1, 0.15) is 5.58 Å². The van der Waals surface area contributed by atoms with E-state index in [1.165, 1.54) is 21.5 Å². The highest BCUT2D eigenvalue weighted by atomic mass is 16.3. The lowest BCUT2D eigenvalue weighted by Gasteiger charge is -2.19. The van der Waals surface area contributed by atoms with Crippen molar-refractivity contribution < 1.29 is 4.42 Å². The van der Waals surface area contributed by atoms with Gasteiger partial charge in [0.05, 0.1) is 55.8 Å². The highest BCUT2D eigenvalue weighted by Gasteiger charge is 2.28. The number of hydrogen-bond donors (Lipinski definition) is 0. The van der Waals surface area contributed by atoms with Crippen molar-refractivity contribution in [1.82, 2.24) is 19.1 Å². The fourth-order valence-corrected chi connectivity index (χ4v) is 8.87. The first-order valence-electron chi connectivity index (χ1n) is 19.3. The van der Waals surface area contributed by atoms with E-state index in [9.17, 15) is 0 Å². The van der Waals surface area contributed by atoms with Gasteiger partial charge in [-0.3, -0.25) is 0 Å². The van der Waals surface area contributed by atoms with Crippen LogP contribution in [0.25, 0.3) is 111 Å². The van der Waals surface area contributed by atoms with Gasteiger partial charge in [0.2, 0.25) is 0 Å². The van der Waals surface area contributed by atoms with Gasteiger partial charge < -0.3 is 13.6 Å². The van der Waals surface area contributed by atoms with Crippen LogP contribution in [0, 0.1) is 0 Å². The molecule has 0 bridgehead atoms. The smallest absolute Gasteiger partial charge is 0.166 e. The molecule has 0 saturated carbocycles. The SMILES string of the molecule is c1ccc(-c2cc(-c3ccccc3)nc(-c3c(-n4c5ccccc5c5ccccc54)cc(-n4c5ccccc5c5ccccc54)c4c3oc3ccccc34)n2)cc1. The van der Waals surface area contributed by atoms with Gasteiger partial charge in [-0.25, -0.2) is 9.97 Å². The van der Waals surface area contributed by atoms with Crippen LogP contribution in [0.4, 0.5) is 0 Å². The molecule has 0 saturated heterocycles. The summed E-state index contributed by atoms with van der Waals surface area (Å²) in [5.74, 6) is 0.588. The molecule has 0 aliphatic rings. The molecule has 57 heavy (non-hydrogen) atoms. The lowest BCUT2D eigenvalue weighted by atomic mass is 10.0. The Hall–Kier alpha value is -7.76. The Bertz CT molecular complexity index is 3360. The lowest BCUT2D eigenvalue weighted by molar-refractivity contribution is 0.669. The highest BCUT2D eigenvalue weighted by molar-refractivity contribution is 6.19. The second kappa shape index (κ2) is 12.4. The third-order valence-corrected chi connectivity index (χ3v) is 11.3. The summed E-state index contributed by atoms with van der Waals surface area (Å²) < 4.78 is 11.9. The molecule has 0 unspecified atom stereocenters. The Morgan fingerprint density at radius 1 is 0.368 bits per heavy atom. The minimum Gasteiger partial charge on any atom is -0.455 e. The quantitative estimate of drug-likeness (QED) is 0.177. The third-order valence-electron chi connectivity index (χ3n) is 11.3. The summed E-state index contributed by atoms with van der Waals surface area (Å²) in [5.41, 5.74) is 12.4. The highest BCUT2D eigenvalue weighted by Crippen LogP contribution is 2.47. The maximum atomic E-state index is 7.15. The van der Waals surface area contributed by atoms with Crippen LogP contribution in [0.2, 0.25) is 0 Å². The zero-order chi connectivity index (χ0) is 37.5. The van der Waals surface area contributed by atoms with Gasteiger partial charge in [0.25, 0.3) is 0 Å². The predicted molar refractivity (Wildman–Crippen MR) is 234 cm³/mol. The molecular weight excluding hydrogens is 697 g/mol. The number of fused-ring (bicyclic) bond motifs is 9. The van der Waals surface area contributed by atoms with E-state index in [0.717, 1.165) is 83.5 Å². The zero-order valence-corrected chi connectivity index (χ0v) is 30.7. The van der Waals surface area contributed by atoms with E-state index in [2.05, 4.69) is 185 Å². The number of benzene rings is 8. The van der Waals surface area contributed by atoms with E-state index < -0.39 is 0 Å². The van der Waals surface area contributed by atoms with Crippen molar-refractivity contribution in [3.8, 4) is 45.3 Å². The van der Waals surface area contributed by atoms with Crippen LogP contribution < -0.4 is 0 Å². The topological polar surface area (TPSA) is 48.8 Å². The van der Waals surface area contributed by atoms with Crippen LogP contribution in [0.15, 0.2) is 199 Å². The molecule has 5 nitrogen and oxygen atoms in total. The molecule has 4 heterocycles. The van der Waals surface area contributed by atoms with Crippen molar-refractivity contribution in [3.63, 3.8) is 0 Å². The molecule has 0 N–H and O–H groups in total. The lowest BCUT2D eigenvalue weighted by Crippen LogP contribution is -2.05. The average Bonchev–Trinajstić information content (AvgIpc) is 3.95. The van der Waals surface area contributed by atoms with Crippen molar-refractivity contribution in [2.24, 2.45) is 0 Å². The molecule has 0 spiro atoms. The van der Waals surface area contributed by atoms with Crippen molar-refractivity contribution in [3.05, 3.63) is 194 Å². The van der Waals surface area contributed by atoms with E-state index in [-0.39, 0.29) is 0 Å². The van der Waals surface area contributed by atoms with E-state index in [4.69, 9.17) is 14.4 Å². The van der Waals surface area contributed by atoms with Gasteiger partial charge in [-0.15, -0.1) is 0 Å². The van der Waals surface area contributed by atoms with E-state index in [0.29, 0.717) is 5.82 Å². The predicted octanol–water partition coefficient (Wildman–Crippen LogP) is 13.6.